The smallest absolute Gasteiger partial charge is 0.337 e. The second-order valence-electron chi connectivity index (χ2n) is 14.8. The number of hydrogen-bond donors (Lipinski definition) is 2. The Kier molecular flexibility index (Phi) is 13.2. The number of fused-ring (bicyclic) bond motifs is 1. The number of nitrogens with one attached hydrogen (secondary N) is 2. The highest BCUT2D eigenvalue weighted by atomic mass is 32.1. The fourth-order valence-electron chi connectivity index (χ4n) is 7.86. The Morgan fingerprint density at radius 1 is 0.818 bits per heavy atom. The number of thiophene rings is 1. The Labute approximate surface area is 326 Å². The summed E-state index contributed by atoms with van der Waals surface area (Å²) in [6.07, 6.45) is 8.18. The number of esters is 2. The minimum Gasteiger partial charge on any atom is -0.469 e. The molecule has 1 aromatic heterocycles. The lowest BCUT2D eigenvalue weighted by Gasteiger charge is -2.39. The highest BCUT2D eigenvalue weighted by molar-refractivity contribution is 7.17. The van der Waals surface area contributed by atoms with Crippen molar-refractivity contribution in [3.63, 3.8) is 0 Å². The zero-order valence-corrected chi connectivity index (χ0v) is 32.9. The molecule has 0 saturated heterocycles. The van der Waals surface area contributed by atoms with Crippen LogP contribution in [0.3, 0.4) is 0 Å². The van der Waals surface area contributed by atoms with Crippen LogP contribution in [0, 0.1) is 11.7 Å². The van der Waals surface area contributed by atoms with Crippen molar-refractivity contribution in [1.29, 1.82) is 0 Å². The van der Waals surface area contributed by atoms with Crippen molar-refractivity contribution in [2.45, 2.75) is 96.7 Å². The lowest BCUT2D eigenvalue weighted by molar-refractivity contribution is -0.147. The van der Waals surface area contributed by atoms with Gasteiger partial charge in [-0.1, -0.05) is 30.3 Å². The summed E-state index contributed by atoms with van der Waals surface area (Å²) in [5.41, 5.74) is 5.36. The summed E-state index contributed by atoms with van der Waals surface area (Å²) >= 11 is 1.49. The van der Waals surface area contributed by atoms with Crippen molar-refractivity contribution in [2.24, 2.45) is 5.92 Å². The van der Waals surface area contributed by atoms with Crippen LogP contribution < -0.4 is 10.6 Å². The number of amides is 2. The first-order chi connectivity index (χ1) is 26.5. The van der Waals surface area contributed by atoms with Crippen molar-refractivity contribution in [3.05, 3.63) is 116 Å². The van der Waals surface area contributed by atoms with E-state index in [4.69, 9.17) is 4.74 Å². The van der Waals surface area contributed by atoms with Gasteiger partial charge in [0.25, 0.3) is 11.8 Å². The monoisotopic (exact) mass is 767 g/mol. The van der Waals surface area contributed by atoms with Crippen LogP contribution in [0.4, 0.5) is 15.1 Å². The Morgan fingerprint density at radius 3 is 2.25 bits per heavy atom. The maximum Gasteiger partial charge on any atom is 0.337 e. The second kappa shape index (κ2) is 18.2. The van der Waals surface area contributed by atoms with Crippen LogP contribution >= 0.6 is 11.3 Å². The molecule has 6 rings (SSSR count). The number of aryl methyl sites for hydroxylation is 3. The molecule has 55 heavy (non-hydrogen) atoms. The standard InChI is InChI=1S/C44H50FN3O6S/c1-27(2)48(35-22-18-31(19-23-35)43(51)53-3)26-29-8-7-9-32(24-29)40(49)47-42-39(36-10-5-6-11-38(36)55-42)41(50)46-34-20-13-28(14-21-34)12-15-30-16-17-33(25-37(30)45)44(52)54-4/h7-9,13-14,16-17,20-21,24-25,27,31,35H,5-6,10-12,15,18-19,22-23,26H2,1-4H3,(H,46,50)(H,47,49). The van der Waals surface area contributed by atoms with Crippen LogP contribution in [-0.4, -0.2) is 55.0 Å². The van der Waals surface area contributed by atoms with Gasteiger partial charge in [0.15, 0.2) is 0 Å². The van der Waals surface area contributed by atoms with Gasteiger partial charge in [0.1, 0.15) is 10.8 Å². The number of carbonyl (C=O) groups is 4. The Morgan fingerprint density at radius 2 is 1.56 bits per heavy atom. The topological polar surface area (TPSA) is 114 Å². The van der Waals surface area contributed by atoms with Crippen molar-refractivity contribution < 1.29 is 33.0 Å². The van der Waals surface area contributed by atoms with Gasteiger partial charge < -0.3 is 20.1 Å². The Hall–Kier alpha value is -4.87. The van der Waals surface area contributed by atoms with E-state index in [1.807, 2.05) is 42.5 Å². The van der Waals surface area contributed by atoms with Crippen molar-refractivity contribution in [2.75, 3.05) is 24.9 Å². The number of benzene rings is 3. The van der Waals surface area contributed by atoms with Gasteiger partial charge in [-0.25, -0.2) is 9.18 Å². The largest absolute Gasteiger partial charge is 0.469 e. The second-order valence-corrected chi connectivity index (χ2v) is 15.9. The van der Waals surface area contributed by atoms with Crippen LogP contribution in [0.15, 0.2) is 66.7 Å². The van der Waals surface area contributed by atoms with Gasteiger partial charge in [-0.15, -0.1) is 11.3 Å². The fraction of sp³-hybridized carbons (Fsp3) is 0.409. The molecule has 11 heteroatoms. The van der Waals surface area contributed by atoms with E-state index in [0.717, 1.165) is 72.9 Å². The quantitative estimate of drug-likeness (QED) is 0.131. The molecule has 0 aliphatic heterocycles. The molecule has 9 nitrogen and oxygen atoms in total. The van der Waals surface area contributed by atoms with Crippen LogP contribution in [0.5, 0.6) is 0 Å². The molecular formula is C44H50FN3O6S. The molecule has 290 valence electrons. The molecule has 3 aromatic carbocycles. The first kappa shape index (κ1) is 39.8. The van der Waals surface area contributed by atoms with E-state index in [0.29, 0.717) is 52.8 Å². The molecule has 0 unspecified atom stereocenters. The molecule has 2 aliphatic rings. The fourth-order valence-corrected chi connectivity index (χ4v) is 9.14. The van der Waals surface area contributed by atoms with Gasteiger partial charge in [0.2, 0.25) is 0 Å². The van der Waals surface area contributed by atoms with Gasteiger partial charge in [0.05, 0.1) is 31.3 Å². The minimum absolute atomic E-state index is 0.0337. The van der Waals surface area contributed by atoms with Crippen molar-refractivity contribution >= 4 is 45.8 Å². The number of methoxy groups -OCH3 is 2. The van der Waals surface area contributed by atoms with Gasteiger partial charge in [-0.2, -0.15) is 0 Å². The SMILES string of the molecule is COC(=O)c1ccc(CCc2ccc(NC(=O)c3c(NC(=O)c4cccc(CN(C(C)C)C5CCC(C(=O)OC)CC5)c4)sc4c3CCCC4)cc2)c(F)c1. The van der Waals surface area contributed by atoms with E-state index >= 15 is 0 Å². The first-order valence-corrected chi connectivity index (χ1v) is 20.0. The summed E-state index contributed by atoms with van der Waals surface area (Å²) in [5.74, 6) is -1.71. The van der Waals surface area contributed by atoms with Crippen molar-refractivity contribution in [3.8, 4) is 0 Å². The zero-order valence-electron chi connectivity index (χ0n) is 32.0. The maximum atomic E-state index is 14.6. The van der Waals surface area contributed by atoms with Crippen LogP contribution in [0.2, 0.25) is 0 Å². The van der Waals surface area contributed by atoms with Crippen LogP contribution in [0.1, 0.15) is 111 Å². The molecular weight excluding hydrogens is 718 g/mol. The molecule has 2 aliphatic carbocycles. The maximum absolute atomic E-state index is 14.6. The van der Waals surface area contributed by atoms with E-state index in [9.17, 15) is 23.6 Å². The third-order valence-corrected chi connectivity index (χ3v) is 12.1. The molecule has 2 N–H and O–H groups in total. The average Bonchev–Trinajstić information content (AvgIpc) is 3.57. The molecule has 4 aromatic rings. The predicted octanol–water partition coefficient (Wildman–Crippen LogP) is 8.78. The van der Waals surface area contributed by atoms with Gasteiger partial charge >= 0.3 is 11.9 Å². The Bertz CT molecular complexity index is 2020. The summed E-state index contributed by atoms with van der Waals surface area (Å²) in [4.78, 5) is 55.1. The minimum atomic E-state index is -0.580. The van der Waals surface area contributed by atoms with E-state index in [1.54, 1.807) is 18.2 Å². The van der Waals surface area contributed by atoms with E-state index in [1.165, 1.54) is 31.6 Å². The Balaban J connectivity index is 1.11. The molecule has 0 spiro atoms. The first-order valence-electron chi connectivity index (χ1n) is 19.2. The van der Waals surface area contributed by atoms with Crippen LogP contribution in [0.25, 0.3) is 0 Å². The third kappa shape index (κ3) is 9.69. The number of anilines is 2. The number of rotatable bonds is 13. The zero-order chi connectivity index (χ0) is 39.1. The van der Waals surface area contributed by atoms with Crippen LogP contribution in [-0.2, 0) is 46.5 Å². The molecule has 0 bridgehead atoms. The van der Waals surface area contributed by atoms with E-state index < -0.39 is 11.8 Å². The van der Waals surface area contributed by atoms with Crippen molar-refractivity contribution in [1.82, 2.24) is 4.90 Å². The molecule has 1 saturated carbocycles. The van der Waals surface area contributed by atoms with Gasteiger partial charge in [-0.3, -0.25) is 19.3 Å². The molecule has 1 fully saturated rings. The highest BCUT2D eigenvalue weighted by Gasteiger charge is 2.31. The average molecular weight is 768 g/mol. The molecule has 0 atom stereocenters. The summed E-state index contributed by atoms with van der Waals surface area (Å²) in [5, 5.41) is 6.71. The summed E-state index contributed by atoms with van der Waals surface area (Å²) in [6, 6.07) is 20.2. The predicted molar refractivity (Wildman–Crippen MR) is 213 cm³/mol. The lowest BCUT2D eigenvalue weighted by Crippen LogP contribution is -2.42. The number of hydrogen-bond acceptors (Lipinski definition) is 8. The van der Waals surface area contributed by atoms with Gasteiger partial charge in [0, 0.05) is 34.8 Å². The third-order valence-electron chi connectivity index (χ3n) is 10.9. The molecule has 1 heterocycles. The van der Waals surface area contributed by atoms with Gasteiger partial charge in [-0.05, 0) is 137 Å². The van der Waals surface area contributed by atoms with E-state index in [2.05, 4.69) is 34.1 Å². The number of nitrogens with zero attached hydrogens (tertiary/aromatic N) is 1. The summed E-state index contributed by atoms with van der Waals surface area (Å²) in [6.45, 7) is 5.05. The number of ether oxygens (including phenoxy) is 2. The molecule has 0 radical (unpaired) electrons. The lowest BCUT2D eigenvalue weighted by atomic mass is 9.84. The highest BCUT2D eigenvalue weighted by Crippen LogP contribution is 2.39. The normalized spacial score (nSPS) is 16.7. The van der Waals surface area contributed by atoms with E-state index in [-0.39, 0.29) is 35.3 Å². The number of halogens is 1. The summed E-state index contributed by atoms with van der Waals surface area (Å²) < 4.78 is 24.3. The molecule has 2 amide bonds. The summed E-state index contributed by atoms with van der Waals surface area (Å²) in [7, 11) is 2.71. The number of carbonyl (C=O) groups excluding carboxylic acids is 4.